The molecule has 2 aromatic carbocycles. The van der Waals surface area contributed by atoms with Crippen molar-refractivity contribution in [2.45, 2.75) is 33.1 Å². The van der Waals surface area contributed by atoms with E-state index in [0.29, 0.717) is 37.6 Å². The van der Waals surface area contributed by atoms with Gasteiger partial charge in [-0.3, -0.25) is 4.79 Å². The van der Waals surface area contributed by atoms with Crippen LogP contribution in [0.1, 0.15) is 23.6 Å². The Morgan fingerprint density at radius 2 is 1.72 bits per heavy atom. The van der Waals surface area contributed by atoms with E-state index in [1.807, 2.05) is 36.9 Å². The Morgan fingerprint density at radius 3 is 2.38 bits per heavy atom. The molecular weight excluding hydrogens is 381 g/mol. The van der Waals surface area contributed by atoms with E-state index in [0.717, 1.165) is 23.3 Å². The summed E-state index contributed by atoms with van der Waals surface area (Å²) in [5.74, 6) is 0.572. The summed E-state index contributed by atoms with van der Waals surface area (Å²) in [4.78, 5) is 16.3. The fourth-order valence-corrected chi connectivity index (χ4v) is 3.40. The minimum absolute atomic E-state index is 0.116. The van der Waals surface area contributed by atoms with Gasteiger partial charge in [0.15, 0.2) is 6.10 Å². The molecule has 1 saturated heterocycles. The van der Waals surface area contributed by atoms with Crippen LogP contribution in [0.3, 0.4) is 0 Å². The number of nitrogens with zero attached hydrogens (tertiary/aromatic N) is 2. The molecule has 0 radical (unpaired) electrons. The highest BCUT2D eigenvalue weighted by Gasteiger charge is 2.31. The van der Waals surface area contributed by atoms with Crippen molar-refractivity contribution < 1.29 is 22.7 Å². The number of benzene rings is 2. The molecule has 0 spiro atoms. The van der Waals surface area contributed by atoms with Gasteiger partial charge in [0.2, 0.25) is 0 Å². The number of hydrogen-bond acceptors (Lipinski definition) is 3. The molecule has 1 atom stereocenters. The number of aryl methyl sites for hydroxylation is 2. The molecule has 1 heterocycles. The first-order valence-electron chi connectivity index (χ1n) is 9.60. The fraction of sp³-hybridized carbons (Fsp3) is 0.409. The number of carbonyl (C=O) groups excluding carboxylic acids is 1. The van der Waals surface area contributed by atoms with Crippen LogP contribution < -0.4 is 9.64 Å². The third-order valence-electron chi connectivity index (χ3n) is 5.13. The number of hydrogen-bond donors (Lipinski definition) is 0. The number of anilines is 1. The van der Waals surface area contributed by atoms with E-state index in [-0.39, 0.29) is 5.91 Å². The number of halogens is 3. The molecule has 156 valence electrons. The van der Waals surface area contributed by atoms with Gasteiger partial charge in [-0.05, 0) is 56.2 Å². The zero-order valence-electron chi connectivity index (χ0n) is 16.8. The average Bonchev–Trinajstić information content (AvgIpc) is 2.69. The highest BCUT2D eigenvalue weighted by Crippen LogP contribution is 2.32. The highest BCUT2D eigenvalue weighted by molar-refractivity contribution is 5.81. The molecule has 0 N–H and O–H groups in total. The van der Waals surface area contributed by atoms with Crippen LogP contribution in [-0.2, 0) is 11.0 Å². The molecule has 1 amide bonds. The smallest absolute Gasteiger partial charge is 0.416 e. The summed E-state index contributed by atoms with van der Waals surface area (Å²) in [6.45, 7) is 7.45. The molecule has 7 heteroatoms. The molecular formula is C22H25F3N2O2. The van der Waals surface area contributed by atoms with E-state index in [2.05, 4.69) is 0 Å². The lowest BCUT2D eigenvalue weighted by Crippen LogP contribution is -2.52. The summed E-state index contributed by atoms with van der Waals surface area (Å²) in [5, 5.41) is 0. The van der Waals surface area contributed by atoms with Gasteiger partial charge < -0.3 is 14.5 Å². The number of alkyl halides is 3. The third-order valence-corrected chi connectivity index (χ3v) is 5.13. The van der Waals surface area contributed by atoms with Crippen molar-refractivity contribution in [2.24, 2.45) is 0 Å². The Morgan fingerprint density at radius 1 is 1.03 bits per heavy atom. The summed E-state index contributed by atoms with van der Waals surface area (Å²) >= 11 is 0. The Balaban J connectivity index is 1.60. The van der Waals surface area contributed by atoms with Crippen molar-refractivity contribution in [1.82, 2.24) is 4.90 Å². The molecule has 3 rings (SSSR count). The molecule has 1 aliphatic heterocycles. The van der Waals surface area contributed by atoms with Crippen LogP contribution >= 0.6 is 0 Å². The molecule has 0 saturated carbocycles. The maximum absolute atomic E-state index is 12.9. The minimum Gasteiger partial charge on any atom is -0.481 e. The molecule has 1 fully saturated rings. The number of piperazine rings is 1. The molecule has 1 aliphatic rings. The van der Waals surface area contributed by atoms with Crippen molar-refractivity contribution in [2.75, 3.05) is 31.1 Å². The maximum Gasteiger partial charge on any atom is 0.416 e. The lowest BCUT2D eigenvalue weighted by molar-refractivity contribution is -0.138. The summed E-state index contributed by atoms with van der Waals surface area (Å²) in [6.07, 6.45) is -5.00. The van der Waals surface area contributed by atoms with Gasteiger partial charge in [0.1, 0.15) is 5.75 Å². The van der Waals surface area contributed by atoms with Gasteiger partial charge in [0.25, 0.3) is 5.91 Å². The van der Waals surface area contributed by atoms with Gasteiger partial charge in [-0.25, -0.2) is 0 Å². The normalized spacial score (nSPS) is 15.9. The molecule has 29 heavy (non-hydrogen) atoms. The second-order valence-electron chi connectivity index (χ2n) is 7.39. The first-order chi connectivity index (χ1) is 13.6. The topological polar surface area (TPSA) is 32.8 Å². The largest absolute Gasteiger partial charge is 0.481 e. The highest BCUT2D eigenvalue weighted by atomic mass is 19.4. The third kappa shape index (κ3) is 5.02. The minimum atomic E-state index is -4.37. The van der Waals surface area contributed by atoms with Crippen LogP contribution in [0.4, 0.5) is 18.9 Å². The molecule has 0 unspecified atom stereocenters. The standard InChI is InChI=1S/C22H25F3N2O2/c1-15-7-8-16(2)20(13-15)29-17(3)21(28)27-11-9-26(10-12-27)19-6-4-5-18(14-19)22(23,24)25/h4-8,13-14,17H,9-12H2,1-3H3/t17-/m1/s1. The fourth-order valence-electron chi connectivity index (χ4n) is 3.40. The SMILES string of the molecule is Cc1ccc(C)c(O[C@H](C)C(=O)N2CCN(c3cccc(C(F)(F)F)c3)CC2)c1. The number of amides is 1. The van der Waals surface area contributed by atoms with Crippen molar-refractivity contribution >= 4 is 11.6 Å². The Kier molecular flexibility index (Phi) is 6.05. The first kappa shape index (κ1) is 21.0. The van der Waals surface area contributed by atoms with E-state index in [1.165, 1.54) is 6.07 Å². The van der Waals surface area contributed by atoms with Crippen LogP contribution in [0.5, 0.6) is 5.75 Å². The lowest BCUT2D eigenvalue weighted by atomic mass is 10.1. The zero-order chi connectivity index (χ0) is 21.2. The average molecular weight is 406 g/mol. The second kappa shape index (κ2) is 8.35. The van der Waals surface area contributed by atoms with Gasteiger partial charge in [-0.1, -0.05) is 18.2 Å². The predicted octanol–water partition coefficient (Wildman–Crippen LogP) is 4.44. The number of carbonyl (C=O) groups is 1. The van der Waals surface area contributed by atoms with Gasteiger partial charge in [-0.15, -0.1) is 0 Å². The summed E-state index contributed by atoms with van der Waals surface area (Å²) < 4.78 is 44.7. The summed E-state index contributed by atoms with van der Waals surface area (Å²) in [7, 11) is 0. The predicted molar refractivity (Wildman–Crippen MR) is 106 cm³/mol. The van der Waals surface area contributed by atoms with Gasteiger partial charge >= 0.3 is 6.18 Å². The van der Waals surface area contributed by atoms with Crippen molar-refractivity contribution in [3.63, 3.8) is 0 Å². The monoisotopic (exact) mass is 406 g/mol. The van der Waals surface area contributed by atoms with E-state index in [4.69, 9.17) is 4.74 Å². The molecule has 0 aliphatic carbocycles. The molecule has 0 bridgehead atoms. The maximum atomic E-state index is 12.9. The lowest BCUT2D eigenvalue weighted by Gasteiger charge is -2.37. The van der Waals surface area contributed by atoms with E-state index < -0.39 is 17.8 Å². The molecule has 4 nitrogen and oxygen atoms in total. The number of rotatable bonds is 4. The Labute approximate surface area is 168 Å². The van der Waals surface area contributed by atoms with Crippen LogP contribution in [0, 0.1) is 13.8 Å². The first-order valence-corrected chi connectivity index (χ1v) is 9.60. The van der Waals surface area contributed by atoms with Crippen LogP contribution in [0.15, 0.2) is 42.5 Å². The van der Waals surface area contributed by atoms with E-state index in [1.54, 1.807) is 17.9 Å². The summed E-state index contributed by atoms with van der Waals surface area (Å²) in [5.41, 5.74) is 1.88. The van der Waals surface area contributed by atoms with Gasteiger partial charge in [0.05, 0.1) is 5.56 Å². The van der Waals surface area contributed by atoms with Crippen molar-refractivity contribution in [3.05, 3.63) is 59.2 Å². The Hall–Kier alpha value is -2.70. The summed E-state index contributed by atoms with van der Waals surface area (Å²) in [6, 6.07) is 11.1. The molecule has 2 aromatic rings. The van der Waals surface area contributed by atoms with Crippen molar-refractivity contribution in [1.29, 1.82) is 0 Å². The van der Waals surface area contributed by atoms with Crippen LogP contribution in [0.25, 0.3) is 0 Å². The van der Waals surface area contributed by atoms with Crippen molar-refractivity contribution in [3.8, 4) is 5.75 Å². The van der Waals surface area contributed by atoms with E-state index in [9.17, 15) is 18.0 Å². The number of ether oxygens (including phenoxy) is 1. The Bertz CT molecular complexity index is 875. The quantitative estimate of drug-likeness (QED) is 0.753. The van der Waals surface area contributed by atoms with Gasteiger partial charge in [0, 0.05) is 31.9 Å². The second-order valence-corrected chi connectivity index (χ2v) is 7.39. The zero-order valence-corrected chi connectivity index (χ0v) is 16.8. The molecule has 0 aromatic heterocycles. The van der Waals surface area contributed by atoms with Crippen LogP contribution in [-0.4, -0.2) is 43.1 Å². The van der Waals surface area contributed by atoms with Crippen LogP contribution in [0.2, 0.25) is 0 Å². The van der Waals surface area contributed by atoms with E-state index >= 15 is 0 Å². The van der Waals surface area contributed by atoms with Gasteiger partial charge in [-0.2, -0.15) is 13.2 Å².